The number of amides is 3. The first-order valence-corrected chi connectivity index (χ1v) is 8.58. The highest BCUT2D eigenvalue weighted by Crippen LogP contribution is 2.25. The molecule has 1 atom stereocenters. The van der Waals surface area contributed by atoms with Gasteiger partial charge in [0.2, 0.25) is 5.91 Å². The Hall–Kier alpha value is -3.88. The standard InChI is InChI=1S/C19H16N6O3/c1-11(25-18(27)14-8-3-4-9-15(14)19(25)28)17(26)20-13-7-5-6-12(10-13)16-21-22-23-24(16)2/h3-11H,1-2H3,(H,20,26). The van der Waals surface area contributed by atoms with Gasteiger partial charge in [-0.05, 0) is 41.6 Å². The monoisotopic (exact) mass is 376 g/mol. The fraction of sp³-hybridized carbons (Fsp3) is 0.158. The molecular weight excluding hydrogens is 360 g/mol. The number of hydrogen-bond donors (Lipinski definition) is 1. The zero-order valence-electron chi connectivity index (χ0n) is 15.2. The fourth-order valence-corrected chi connectivity index (χ4v) is 3.13. The second-order valence-electron chi connectivity index (χ2n) is 6.40. The van der Waals surface area contributed by atoms with Crippen LogP contribution in [0.15, 0.2) is 48.5 Å². The molecule has 28 heavy (non-hydrogen) atoms. The van der Waals surface area contributed by atoms with E-state index < -0.39 is 23.8 Å². The lowest BCUT2D eigenvalue weighted by Crippen LogP contribution is -2.45. The predicted molar refractivity (Wildman–Crippen MR) is 99.3 cm³/mol. The average molecular weight is 376 g/mol. The molecule has 9 nitrogen and oxygen atoms in total. The third kappa shape index (κ3) is 2.82. The van der Waals surface area contributed by atoms with E-state index in [1.165, 1.54) is 11.6 Å². The molecule has 4 rings (SSSR count). The summed E-state index contributed by atoms with van der Waals surface area (Å²) in [6.45, 7) is 1.52. The first kappa shape index (κ1) is 17.5. The van der Waals surface area contributed by atoms with Crippen LogP contribution in [-0.4, -0.2) is 48.9 Å². The van der Waals surface area contributed by atoms with E-state index >= 15 is 0 Å². The maximum atomic E-state index is 12.7. The summed E-state index contributed by atoms with van der Waals surface area (Å²) < 4.78 is 1.52. The molecule has 2 aromatic carbocycles. The van der Waals surface area contributed by atoms with Crippen molar-refractivity contribution in [2.75, 3.05) is 5.32 Å². The molecule has 0 bridgehead atoms. The molecule has 0 aliphatic carbocycles. The number of aromatic nitrogens is 4. The van der Waals surface area contributed by atoms with E-state index in [2.05, 4.69) is 20.8 Å². The van der Waals surface area contributed by atoms with Crippen molar-refractivity contribution in [3.8, 4) is 11.4 Å². The molecule has 3 aromatic rings. The Labute approximate surface area is 160 Å². The number of nitrogens with zero attached hydrogens (tertiary/aromatic N) is 5. The Morgan fingerprint density at radius 2 is 1.71 bits per heavy atom. The number of fused-ring (bicyclic) bond motifs is 1. The van der Waals surface area contributed by atoms with E-state index in [-0.39, 0.29) is 0 Å². The number of anilines is 1. The molecule has 0 radical (unpaired) electrons. The van der Waals surface area contributed by atoms with E-state index in [1.54, 1.807) is 49.5 Å². The Balaban J connectivity index is 1.54. The van der Waals surface area contributed by atoms with Gasteiger partial charge in [0.05, 0.1) is 11.1 Å². The molecule has 0 fully saturated rings. The summed E-state index contributed by atoms with van der Waals surface area (Å²) >= 11 is 0. The van der Waals surface area contributed by atoms with Crippen molar-refractivity contribution in [3.63, 3.8) is 0 Å². The van der Waals surface area contributed by atoms with Crippen molar-refractivity contribution in [2.24, 2.45) is 7.05 Å². The zero-order valence-corrected chi connectivity index (χ0v) is 15.2. The van der Waals surface area contributed by atoms with Crippen LogP contribution < -0.4 is 5.32 Å². The van der Waals surface area contributed by atoms with Gasteiger partial charge in [0, 0.05) is 18.3 Å². The van der Waals surface area contributed by atoms with Crippen LogP contribution in [0.1, 0.15) is 27.6 Å². The number of carbonyl (C=O) groups is 3. The summed E-state index contributed by atoms with van der Waals surface area (Å²) in [5, 5.41) is 14.1. The normalized spacial score (nSPS) is 14.1. The van der Waals surface area contributed by atoms with E-state index in [4.69, 9.17) is 0 Å². The van der Waals surface area contributed by atoms with Gasteiger partial charge in [0.15, 0.2) is 5.82 Å². The topological polar surface area (TPSA) is 110 Å². The number of imide groups is 1. The fourth-order valence-electron chi connectivity index (χ4n) is 3.13. The number of aryl methyl sites for hydroxylation is 1. The van der Waals surface area contributed by atoms with Gasteiger partial charge in [-0.25, -0.2) is 4.68 Å². The first-order valence-electron chi connectivity index (χ1n) is 8.58. The van der Waals surface area contributed by atoms with Crippen molar-refractivity contribution >= 4 is 23.4 Å². The molecule has 3 amide bonds. The van der Waals surface area contributed by atoms with Gasteiger partial charge in [-0.15, -0.1) is 5.10 Å². The van der Waals surface area contributed by atoms with Crippen LogP contribution in [0.3, 0.4) is 0 Å². The first-order chi connectivity index (χ1) is 13.5. The molecule has 1 aliphatic rings. The number of rotatable bonds is 4. The summed E-state index contributed by atoms with van der Waals surface area (Å²) in [7, 11) is 1.71. The molecule has 0 saturated heterocycles. The van der Waals surface area contributed by atoms with Gasteiger partial charge >= 0.3 is 0 Å². The highest BCUT2D eigenvalue weighted by Gasteiger charge is 2.40. The number of carbonyl (C=O) groups excluding carboxylic acids is 3. The maximum Gasteiger partial charge on any atom is 0.262 e. The highest BCUT2D eigenvalue weighted by molar-refractivity contribution is 6.23. The Morgan fingerprint density at radius 1 is 1.04 bits per heavy atom. The third-order valence-electron chi connectivity index (χ3n) is 4.60. The summed E-state index contributed by atoms with van der Waals surface area (Å²) in [5.74, 6) is -0.864. The van der Waals surface area contributed by atoms with Crippen molar-refractivity contribution in [3.05, 3.63) is 59.7 Å². The van der Waals surface area contributed by atoms with Crippen LogP contribution >= 0.6 is 0 Å². The minimum Gasteiger partial charge on any atom is -0.324 e. The summed E-state index contributed by atoms with van der Waals surface area (Å²) in [6, 6.07) is 12.6. The number of hydrogen-bond acceptors (Lipinski definition) is 6. The average Bonchev–Trinajstić information content (AvgIpc) is 3.23. The molecular formula is C19H16N6O3. The van der Waals surface area contributed by atoms with Gasteiger partial charge in [-0.3, -0.25) is 19.3 Å². The lowest BCUT2D eigenvalue weighted by Gasteiger charge is -2.21. The van der Waals surface area contributed by atoms with Crippen LogP contribution in [0.2, 0.25) is 0 Å². The lowest BCUT2D eigenvalue weighted by molar-refractivity contribution is -0.119. The zero-order chi connectivity index (χ0) is 19.8. The molecule has 1 N–H and O–H groups in total. The van der Waals surface area contributed by atoms with Crippen molar-refractivity contribution < 1.29 is 14.4 Å². The largest absolute Gasteiger partial charge is 0.324 e. The molecule has 0 saturated carbocycles. The van der Waals surface area contributed by atoms with Crippen LogP contribution in [0.25, 0.3) is 11.4 Å². The Bertz CT molecular complexity index is 1070. The summed E-state index contributed by atoms with van der Waals surface area (Å²) in [4.78, 5) is 38.8. The maximum absolute atomic E-state index is 12.7. The highest BCUT2D eigenvalue weighted by atomic mass is 16.2. The second kappa shape index (κ2) is 6.69. The Morgan fingerprint density at radius 3 is 2.32 bits per heavy atom. The quantitative estimate of drug-likeness (QED) is 0.691. The van der Waals surface area contributed by atoms with E-state index in [1.807, 2.05) is 6.07 Å². The summed E-state index contributed by atoms with van der Waals surface area (Å²) in [6.07, 6.45) is 0. The molecule has 0 spiro atoms. The van der Waals surface area contributed by atoms with Gasteiger partial charge in [0.25, 0.3) is 11.8 Å². The van der Waals surface area contributed by atoms with Gasteiger partial charge in [0.1, 0.15) is 6.04 Å². The smallest absolute Gasteiger partial charge is 0.262 e. The van der Waals surface area contributed by atoms with Gasteiger partial charge < -0.3 is 5.32 Å². The van der Waals surface area contributed by atoms with Crippen molar-refractivity contribution in [1.82, 2.24) is 25.1 Å². The number of benzene rings is 2. The van der Waals surface area contributed by atoms with Crippen LogP contribution in [0, 0.1) is 0 Å². The molecule has 1 aliphatic heterocycles. The molecule has 1 unspecified atom stereocenters. The van der Waals surface area contributed by atoms with Crippen LogP contribution in [-0.2, 0) is 11.8 Å². The van der Waals surface area contributed by atoms with Crippen LogP contribution in [0.5, 0.6) is 0 Å². The number of nitrogens with one attached hydrogen (secondary N) is 1. The van der Waals surface area contributed by atoms with E-state index in [0.29, 0.717) is 22.6 Å². The molecule has 1 aromatic heterocycles. The van der Waals surface area contributed by atoms with E-state index in [9.17, 15) is 14.4 Å². The third-order valence-corrected chi connectivity index (χ3v) is 4.60. The SMILES string of the molecule is CC(C(=O)Nc1cccc(-c2nnnn2C)c1)N1C(=O)c2ccccc2C1=O. The summed E-state index contributed by atoms with van der Waals surface area (Å²) in [5.41, 5.74) is 1.85. The molecule has 2 heterocycles. The lowest BCUT2D eigenvalue weighted by atomic mass is 10.1. The minimum absolute atomic E-state index is 0.309. The van der Waals surface area contributed by atoms with Crippen LogP contribution in [0.4, 0.5) is 5.69 Å². The molecule has 140 valence electrons. The number of tetrazole rings is 1. The molecule has 9 heteroatoms. The Kier molecular flexibility index (Phi) is 4.19. The minimum atomic E-state index is -0.965. The predicted octanol–water partition coefficient (Wildman–Crippen LogP) is 1.50. The van der Waals surface area contributed by atoms with Gasteiger partial charge in [-0.2, -0.15) is 0 Å². The van der Waals surface area contributed by atoms with Gasteiger partial charge in [-0.1, -0.05) is 24.3 Å². The van der Waals surface area contributed by atoms with Crippen molar-refractivity contribution in [1.29, 1.82) is 0 Å². The van der Waals surface area contributed by atoms with E-state index in [0.717, 1.165) is 10.5 Å². The van der Waals surface area contributed by atoms with Crippen molar-refractivity contribution in [2.45, 2.75) is 13.0 Å². The second-order valence-corrected chi connectivity index (χ2v) is 6.40.